The van der Waals surface area contributed by atoms with Gasteiger partial charge in [-0.05, 0) is 27.8 Å². The number of methoxy groups -OCH3 is 1. The van der Waals surface area contributed by atoms with E-state index >= 15 is 0 Å². The van der Waals surface area contributed by atoms with Crippen molar-refractivity contribution in [2.75, 3.05) is 7.11 Å². The zero-order valence-corrected chi connectivity index (χ0v) is 12.4. The molecule has 5 nitrogen and oxygen atoms in total. The molecule has 118 valence electrons. The number of amides is 1. The minimum Gasteiger partial charge on any atom is -0.452 e. The Bertz CT molecular complexity index is 776. The number of ether oxygens (including phenoxy) is 1. The first kappa shape index (κ1) is 15.2. The van der Waals surface area contributed by atoms with Crippen molar-refractivity contribution in [2.24, 2.45) is 0 Å². The van der Waals surface area contributed by atoms with Gasteiger partial charge in [0.05, 0.1) is 19.6 Å². The highest BCUT2D eigenvalue weighted by molar-refractivity contribution is 5.82. The summed E-state index contributed by atoms with van der Waals surface area (Å²) in [6.07, 6.45) is -0.928. The summed E-state index contributed by atoms with van der Waals surface area (Å²) < 4.78 is 17.5. The number of benzene rings is 2. The van der Waals surface area contributed by atoms with Crippen molar-refractivity contribution in [1.29, 1.82) is 0 Å². The van der Waals surface area contributed by atoms with E-state index in [2.05, 4.69) is 15.6 Å². The summed E-state index contributed by atoms with van der Waals surface area (Å²) in [4.78, 5) is 22.3. The van der Waals surface area contributed by atoms with Crippen LogP contribution in [0.25, 0.3) is 11.1 Å². The lowest BCUT2D eigenvalue weighted by Gasteiger charge is -2.18. The topological polar surface area (TPSA) is 67.4 Å². The van der Waals surface area contributed by atoms with Gasteiger partial charge in [-0.25, -0.2) is 10.2 Å². The molecule has 1 unspecified atom stereocenters. The van der Waals surface area contributed by atoms with E-state index < -0.39 is 12.1 Å². The van der Waals surface area contributed by atoms with Crippen LogP contribution in [-0.4, -0.2) is 19.2 Å². The summed E-state index contributed by atoms with van der Waals surface area (Å²) in [5.41, 5.74) is 9.58. The maximum atomic E-state index is 12.9. The van der Waals surface area contributed by atoms with Crippen molar-refractivity contribution in [3.8, 4) is 11.1 Å². The second-order valence-corrected chi connectivity index (χ2v) is 5.19. The van der Waals surface area contributed by atoms with E-state index in [-0.39, 0.29) is 12.5 Å². The summed E-state index contributed by atoms with van der Waals surface area (Å²) in [6, 6.07) is 11.3. The molecule has 6 heteroatoms. The SMILES string of the molecule is COC(=O)NNC1c2ccccc2-c2cccc(CC(=O)F)c21. The number of hydrazine groups is 1. The van der Waals surface area contributed by atoms with Gasteiger partial charge in [-0.1, -0.05) is 42.5 Å². The van der Waals surface area contributed by atoms with Gasteiger partial charge in [0.15, 0.2) is 0 Å². The Balaban J connectivity index is 2.06. The Morgan fingerprint density at radius 3 is 2.61 bits per heavy atom. The molecule has 1 aliphatic carbocycles. The van der Waals surface area contributed by atoms with E-state index in [9.17, 15) is 14.0 Å². The molecule has 1 amide bonds. The van der Waals surface area contributed by atoms with Crippen LogP contribution in [0.3, 0.4) is 0 Å². The van der Waals surface area contributed by atoms with Crippen LogP contribution in [0, 0.1) is 0 Å². The number of carbonyl (C=O) groups is 2. The van der Waals surface area contributed by atoms with Crippen molar-refractivity contribution < 1.29 is 18.7 Å². The molecule has 0 aromatic heterocycles. The maximum absolute atomic E-state index is 12.9. The number of rotatable bonds is 4. The van der Waals surface area contributed by atoms with Crippen LogP contribution in [0.1, 0.15) is 22.7 Å². The molecule has 0 saturated carbocycles. The lowest BCUT2D eigenvalue weighted by atomic mass is 9.97. The number of carbonyl (C=O) groups excluding carboxylic acids is 2. The van der Waals surface area contributed by atoms with E-state index in [1.54, 1.807) is 12.1 Å². The predicted molar refractivity (Wildman–Crippen MR) is 82.2 cm³/mol. The molecule has 2 N–H and O–H groups in total. The zero-order chi connectivity index (χ0) is 16.4. The molecule has 0 radical (unpaired) electrons. The van der Waals surface area contributed by atoms with E-state index in [1.165, 1.54) is 7.11 Å². The normalized spacial score (nSPS) is 14.8. The molecule has 0 heterocycles. The van der Waals surface area contributed by atoms with E-state index in [4.69, 9.17) is 0 Å². The standard InChI is InChI=1S/C17H15FN2O3/c1-23-17(22)20-19-16-13-7-3-2-6-11(13)12-8-4-5-10(15(12)16)9-14(18)21/h2-8,16,19H,9H2,1H3,(H,20,22). The lowest BCUT2D eigenvalue weighted by molar-refractivity contribution is -0.128. The third-order valence-corrected chi connectivity index (χ3v) is 3.88. The smallest absolute Gasteiger partial charge is 0.421 e. The number of hydrogen-bond acceptors (Lipinski definition) is 4. The Morgan fingerprint density at radius 2 is 1.87 bits per heavy atom. The van der Waals surface area contributed by atoms with Crippen molar-refractivity contribution in [3.05, 3.63) is 59.2 Å². The van der Waals surface area contributed by atoms with Crippen LogP contribution in [0.4, 0.5) is 9.18 Å². The highest BCUT2D eigenvalue weighted by Crippen LogP contribution is 2.44. The lowest BCUT2D eigenvalue weighted by Crippen LogP contribution is -2.40. The summed E-state index contributed by atoms with van der Waals surface area (Å²) in [6.45, 7) is 0. The highest BCUT2D eigenvalue weighted by Gasteiger charge is 2.31. The van der Waals surface area contributed by atoms with E-state index in [1.807, 2.05) is 30.3 Å². The van der Waals surface area contributed by atoms with Crippen LogP contribution in [0.15, 0.2) is 42.5 Å². The number of halogens is 1. The Labute approximate surface area is 132 Å². The van der Waals surface area contributed by atoms with Gasteiger partial charge in [0.25, 0.3) is 0 Å². The Morgan fingerprint density at radius 1 is 1.13 bits per heavy atom. The van der Waals surface area contributed by atoms with Crippen molar-refractivity contribution >= 4 is 12.1 Å². The van der Waals surface area contributed by atoms with Gasteiger partial charge in [-0.2, -0.15) is 4.39 Å². The third kappa shape index (κ3) is 2.80. The largest absolute Gasteiger partial charge is 0.452 e. The van der Waals surface area contributed by atoms with Gasteiger partial charge < -0.3 is 4.74 Å². The molecular weight excluding hydrogens is 299 g/mol. The van der Waals surface area contributed by atoms with Gasteiger partial charge in [0.2, 0.25) is 0 Å². The van der Waals surface area contributed by atoms with Crippen molar-refractivity contribution in [2.45, 2.75) is 12.5 Å². The highest BCUT2D eigenvalue weighted by atomic mass is 19.1. The van der Waals surface area contributed by atoms with Gasteiger partial charge in [-0.15, -0.1) is 0 Å². The molecule has 0 spiro atoms. The fourth-order valence-corrected chi connectivity index (χ4v) is 2.97. The molecule has 0 saturated heterocycles. The average molecular weight is 314 g/mol. The minimum atomic E-state index is -1.39. The van der Waals surface area contributed by atoms with Crippen LogP contribution in [0.2, 0.25) is 0 Å². The Kier molecular flexibility index (Phi) is 4.08. The number of hydrogen-bond donors (Lipinski definition) is 2. The van der Waals surface area contributed by atoms with E-state index in [0.29, 0.717) is 5.56 Å². The molecule has 0 fully saturated rings. The van der Waals surface area contributed by atoms with Gasteiger partial charge in [0, 0.05) is 0 Å². The van der Waals surface area contributed by atoms with Crippen LogP contribution < -0.4 is 10.9 Å². The second kappa shape index (κ2) is 6.18. The minimum absolute atomic E-state index is 0.298. The first-order valence-electron chi connectivity index (χ1n) is 7.10. The maximum Gasteiger partial charge on any atom is 0.421 e. The van der Waals surface area contributed by atoms with Gasteiger partial charge in [-0.3, -0.25) is 10.2 Å². The molecule has 1 atom stereocenters. The molecule has 1 aliphatic rings. The summed E-state index contributed by atoms with van der Waals surface area (Å²) in [7, 11) is 1.26. The molecule has 0 bridgehead atoms. The number of fused-ring (bicyclic) bond motifs is 3. The van der Waals surface area contributed by atoms with Crippen molar-refractivity contribution in [3.63, 3.8) is 0 Å². The molecule has 3 rings (SSSR count). The zero-order valence-electron chi connectivity index (χ0n) is 12.4. The van der Waals surface area contributed by atoms with Crippen LogP contribution >= 0.6 is 0 Å². The number of nitrogens with one attached hydrogen (secondary N) is 2. The van der Waals surface area contributed by atoms with E-state index in [0.717, 1.165) is 22.3 Å². The average Bonchev–Trinajstić information content (AvgIpc) is 2.87. The third-order valence-electron chi connectivity index (χ3n) is 3.88. The summed E-state index contributed by atoms with van der Waals surface area (Å²) >= 11 is 0. The monoisotopic (exact) mass is 314 g/mol. The molecule has 0 aliphatic heterocycles. The predicted octanol–water partition coefficient (Wildman–Crippen LogP) is 2.66. The summed E-state index contributed by atoms with van der Waals surface area (Å²) in [5.74, 6) is 0. The summed E-state index contributed by atoms with van der Waals surface area (Å²) in [5, 5.41) is 0. The molecule has 2 aromatic carbocycles. The molecule has 2 aromatic rings. The van der Waals surface area contributed by atoms with Gasteiger partial charge in [0.1, 0.15) is 0 Å². The van der Waals surface area contributed by atoms with Crippen molar-refractivity contribution in [1.82, 2.24) is 10.9 Å². The first-order valence-corrected chi connectivity index (χ1v) is 7.10. The quantitative estimate of drug-likeness (QED) is 0.672. The first-order chi connectivity index (χ1) is 11.1. The Hall–Kier alpha value is -2.73. The van der Waals surface area contributed by atoms with Gasteiger partial charge >= 0.3 is 12.1 Å². The fraction of sp³-hybridized carbons (Fsp3) is 0.176. The van der Waals surface area contributed by atoms with Crippen LogP contribution in [0.5, 0.6) is 0 Å². The molecular formula is C17H15FN2O3. The fourth-order valence-electron chi connectivity index (χ4n) is 2.97. The second-order valence-electron chi connectivity index (χ2n) is 5.19. The molecule has 23 heavy (non-hydrogen) atoms. The van der Waals surface area contributed by atoms with Crippen LogP contribution in [-0.2, 0) is 16.0 Å².